The second kappa shape index (κ2) is 3.01. The van der Waals surface area contributed by atoms with Crippen molar-refractivity contribution < 1.29 is 14.6 Å². The van der Waals surface area contributed by atoms with Crippen molar-refractivity contribution in [1.82, 2.24) is 0 Å². The molecule has 0 amide bonds. The van der Waals surface area contributed by atoms with E-state index in [4.69, 9.17) is 21.4 Å². The maximum atomic E-state index is 10.5. The van der Waals surface area contributed by atoms with Crippen LogP contribution in [-0.4, -0.2) is 17.2 Å². The number of hydrogen-bond acceptors (Lipinski definition) is 2. The molecule has 13 heavy (non-hydrogen) atoms. The molecule has 1 saturated heterocycles. The smallest absolute Gasteiger partial charge is 0.335 e. The molecule has 1 aliphatic heterocycles. The maximum Gasteiger partial charge on any atom is 0.335 e. The van der Waals surface area contributed by atoms with Crippen molar-refractivity contribution in [2.75, 3.05) is 0 Å². The summed E-state index contributed by atoms with van der Waals surface area (Å²) in [4.78, 5) is 10.5. The van der Waals surface area contributed by atoms with Gasteiger partial charge in [0.05, 0.1) is 0 Å². The first-order chi connectivity index (χ1) is 6.20. The Labute approximate surface area is 79.9 Å². The fourth-order valence-electron chi connectivity index (χ4n) is 1.24. The zero-order valence-electron chi connectivity index (χ0n) is 6.61. The number of ether oxygens (including phenoxy) is 1. The average molecular weight is 199 g/mol. The predicted molar refractivity (Wildman–Crippen MR) is 46.7 cm³/mol. The summed E-state index contributed by atoms with van der Waals surface area (Å²) < 4.78 is 4.96. The van der Waals surface area contributed by atoms with Crippen LogP contribution < -0.4 is 0 Å². The lowest BCUT2D eigenvalue weighted by Gasteiger charge is -1.97. The van der Waals surface area contributed by atoms with Crippen LogP contribution in [0.25, 0.3) is 0 Å². The number of carbonyl (C=O) groups is 1. The normalized spacial score (nSPS) is 25.6. The van der Waals surface area contributed by atoms with Gasteiger partial charge in [-0.25, -0.2) is 4.79 Å². The Balaban J connectivity index is 2.21. The highest BCUT2D eigenvalue weighted by Gasteiger charge is 2.47. The molecule has 0 radical (unpaired) electrons. The third-order valence-electron chi connectivity index (χ3n) is 1.95. The Bertz CT molecular complexity index is 350. The first kappa shape index (κ1) is 8.53. The van der Waals surface area contributed by atoms with Crippen LogP contribution in [0.2, 0.25) is 5.02 Å². The molecular formula is C9H7ClO3. The van der Waals surface area contributed by atoms with Crippen LogP contribution in [0.4, 0.5) is 0 Å². The summed E-state index contributed by atoms with van der Waals surface area (Å²) in [6.07, 6.45) is -1.09. The number of aliphatic carboxylic acids is 1. The Morgan fingerprint density at radius 3 is 2.69 bits per heavy atom. The van der Waals surface area contributed by atoms with E-state index in [0.717, 1.165) is 5.56 Å². The van der Waals surface area contributed by atoms with Gasteiger partial charge in [0, 0.05) is 10.6 Å². The summed E-state index contributed by atoms with van der Waals surface area (Å²) >= 11 is 5.86. The van der Waals surface area contributed by atoms with E-state index in [9.17, 15) is 4.79 Å². The van der Waals surface area contributed by atoms with E-state index in [2.05, 4.69) is 0 Å². The van der Waals surface area contributed by atoms with E-state index in [-0.39, 0.29) is 6.10 Å². The molecule has 0 aliphatic carbocycles. The molecule has 2 atom stereocenters. The minimum Gasteiger partial charge on any atom is -0.479 e. The summed E-state index contributed by atoms with van der Waals surface area (Å²) in [6.45, 7) is 0. The number of carboxylic acid groups (broad SMARTS) is 1. The lowest BCUT2D eigenvalue weighted by molar-refractivity contribution is -0.138. The van der Waals surface area contributed by atoms with Crippen LogP contribution in [0.3, 0.4) is 0 Å². The van der Waals surface area contributed by atoms with Gasteiger partial charge in [0.25, 0.3) is 0 Å². The fraction of sp³-hybridized carbons (Fsp3) is 0.222. The van der Waals surface area contributed by atoms with Gasteiger partial charge in [0.15, 0.2) is 6.10 Å². The van der Waals surface area contributed by atoms with Crippen LogP contribution in [0.1, 0.15) is 11.7 Å². The number of carboxylic acids is 1. The lowest BCUT2D eigenvalue weighted by Crippen LogP contribution is -2.04. The summed E-state index contributed by atoms with van der Waals surface area (Å²) in [5.41, 5.74) is 0.747. The SMILES string of the molecule is O=C(O)[C@@H]1O[C@@H]1c1ccccc1Cl. The van der Waals surface area contributed by atoms with Crippen LogP contribution in [0.15, 0.2) is 24.3 Å². The average Bonchev–Trinajstić information content (AvgIpc) is 2.84. The molecule has 0 saturated carbocycles. The largest absolute Gasteiger partial charge is 0.479 e. The molecule has 1 fully saturated rings. The monoisotopic (exact) mass is 198 g/mol. The number of rotatable bonds is 2. The molecular weight excluding hydrogens is 192 g/mol. The summed E-state index contributed by atoms with van der Waals surface area (Å²) in [5.74, 6) is -0.940. The van der Waals surface area contributed by atoms with Crippen molar-refractivity contribution in [3.05, 3.63) is 34.9 Å². The Morgan fingerprint density at radius 2 is 2.15 bits per heavy atom. The van der Waals surface area contributed by atoms with E-state index in [1.165, 1.54) is 0 Å². The molecule has 68 valence electrons. The second-order valence-corrected chi connectivity index (χ2v) is 3.24. The molecule has 0 bridgehead atoms. The first-order valence-corrected chi connectivity index (χ1v) is 4.20. The molecule has 1 aliphatic rings. The third-order valence-corrected chi connectivity index (χ3v) is 2.29. The van der Waals surface area contributed by atoms with Gasteiger partial charge in [-0.05, 0) is 6.07 Å². The van der Waals surface area contributed by atoms with Crippen molar-refractivity contribution in [3.8, 4) is 0 Å². The standard InChI is InChI=1S/C9H7ClO3/c10-6-4-2-1-3-5(6)7-8(13-7)9(11)12/h1-4,7-8H,(H,11,12)/t7-,8-/m1/s1. The topological polar surface area (TPSA) is 49.8 Å². The van der Waals surface area contributed by atoms with Crippen LogP contribution in [0.5, 0.6) is 0 Å². The van der Waals surface area contributed by atoms with Crippen LogP contribution in [0, 0.1) is 0 Å². The van der Waals surface area contributed by atoms with Gasteiger partial charge in [0.2, 0.25) is 0 Å². The summed E-state index contributed by atoms with van der Waals surface area (Å²) in [7, 11) is 0. The van der Waals surface area contributed by atoms with Crippen LogP contribution >= 0.6 is 11.6 Å². The van der Waals surface area contributed by atoms with Crippen molar-refractivity contribution in [1.29, 1.82) is 0 Å². The van der Waals surface area contributed by atoms with E-state index < -0.39 is 12.1 Å². The highest BCUT2D eigenvalue weighted by atomic mass is 35.5. The van der Waals surface area contributed by atoms with E-state index in [1.807, 2.05) is 6.07 Å². The Kier molecular flexibility index (Phi) is 1.98. The molecule has 1 aromatic rings. The van der Waals surface area contributed by atoms with Gasteiger partial charge in [-0.2, -0.15) is 0 Å². The summed E-state index contributed by atoms with van der Waals surface area (Å²) in [5, 5.41) is 9.16. The van der Waals surface area contributed by atoms with Crippen molar-refractivity contribution >= 4 is 17.6 Å². The first-order valence-electron chi connectivity index (χ1n) is 3.83. The molecule has 0 unspecified atom stereocenters. The fourth-order valence-corrected chi connectivity index (χ4v) is 1.49. The van der Waals surface area contributed by atoms with Gasteiger partial charge >= 0.3 is 5.97 Å². The molecule has 1 heterocycles. The molecule has 0 aromatic heterocycles. The van der Waals surface area contributed by atoms with Crippen molar-refractivity contribution in [2.24, 2.45) is 0 Å². The minimum atomic E-state index is -0.940. The van der Waals surface area contributed by atoms with Crippen molar-refractivity contribution in [3.63, 3.8) is 0 Å². The number of halogens is 1. The molecule has 1 aromatic carbocycles. The second-order valence-electron chi connectivity index (χ2n) is 2.84. The van der Waals surface area contributed by atoms with Gasteiger partial charge < -0.3 is 9.84 Å². The molecule has 3 nitrogen and oxygen atoms in total. The van der Waals surface area contributed by atoms with Gasteiger partial charge in [0.1, 0.15) is 6.10 Å². The molecule has 0 spiro atoms. The van der Waals surface area contributed by atoms with Crippen molar-refractivity contribution in [2.45, 2.75) is 12.2 Å². The molecule has 4 heteroatoms. The molecule has 1 N–H and O–H groups in total. The quantitative estimate of drug-likeness (QED) is 0.738. The van der Waals surface area contributed by atoms with E-state index in [0.29, 0.717) is 5.02 Å². The summed E-state index contributed by atoms with van der Waals surface area (Å²) in [6, 6.07) is 7.10. The zero-order valence-corrected chi connectivity index (χ0v) is 7.36. The Morgan fingerprint density at radius 1 is 1.46 bits per heavy atom. The highest BCUT2D eigenvalue weighted by molar-refractivity contribution is 6.31. The van der Waals surface area contributed by atoms with E-state index >= 15 is 0 Å². The van der Waals surface area contributed by atoms with Gasteiger partial charge in [-0.15, -0.1) is 0 Å². The Hall–Kier alpha value is -1.06. The predicted octanol–water partition coefficient (Wildman–Crippen LogP) is 1.86. The highest BCUT2D eigenvalue weighted by Crippen LogP contribution is 2.41. The number of benzene rings is 1. The van der Waals surface area contributed by atoms with Gasteiger partial charge in [-0.1, -0.05) is 29.8 Å². The lowest BCUT2D eigenvalue weighted by atomic mass is 10.1. The number of epoxide rings is 1. The van der Waals surface area contributed by atoms with Gasteiger partial charge in [-0.3, -0.25) is 0 Å². The minimum absolute atomic E-state index is 0.369. The number of hydrogen-bond donors (Lipinski definition) is 1. The maximum absolute atomic E-state index is 10.5. The van der Waals surface area contributed by atoms with Crippen LogP contribution in [-0.2, 0) is 9.53 Å². The molecule has 2 rings (SSSR count). The van der Waals surface area contributed by atoms with E-state index in [1.54, 1.807) is 18.2 Å². The zero-order chi connectivity index (χ0) is 9.42. The third kappa shape index (κ3) is 1.53.